The Hall–Kier alpha value is -2.84. The molecule has 0 aromatic heterocycles. The molecular weight excluding hydrogens is 305 g/mol. The van der Waals surface area contributed by atoms with Gasteiger partial charge in [0.25, 0.3) is 5.91 Å². The van der Waals surface area contributed by atoms with Gasteiger partial charge in [0.15, 0.2) is 0 Å². The fourth-order valence-electron chi connectivity index (χ4n) is 1.79. The van der Waals surface area contributed by atoms with E-state index < -0.39 is 36.2 Å². The molecule has 22 heavy (non-hydrogen) atoms. The third-order valence-corrected chi connectivity index (χ3v) is 2.80. The molecule has 0 radical (unpaired) electrons. The van der Waals surface area contributed by atoms with Crippen molar-refractivity contribution in [2.75, 3.05) is 6.54 Å². The van der Waals surface area contributed by atoms with E-state index in [9.17, 15) is 27.6 Å². The number of amides is 3. The molecule has 116 valence electrons. The van der Waals surface area contributed by atoms with Crippen LogP contribution >= 0.6 is 0 Å². The number of benzene rings is 1. The largest absolute Gasteiger partial charge is 0.480 e. The third-order valence-electron chi connectivity index (χ3n) is 2.80. The highest BCUT2D eigenvalue weighted by Gasteiger charge is 2.35. The lowest BCUT2D eigenvalue weighted by molar-refractivity contribution is -0.140. The number of halogens is 3. The minimum absolute atomic E-state index is 0.203. The zero-order valence-corrected chi connectivity index (χ0v) is 10.8. The molecule has 0 spiro atoms. The number of alkyl halides is 3. The highest BCUT2D eigenvalue weighted by Crippen LogP contribution is 2.29. The van der Waals surface area contributed by atoms with Crippen LogP contribution in [0.1, 0.15) is 11.1 Å². The van der Waals surface area contributed by atoms with Crippen LogP contribution in [0.15, 0.2) is 30.0 Å². The molecule has 1 saturated heterocycles. The van der Waals surface area contributed by atoms with Crippen molar-refractivity contribution in [1.29, 1.82) is 0 Å². The van der Waals surface area contributed by atoms with Gasteiger partial charge >= 0.3 is 18.2 Å². The summed E-state index contributed by atoms with van der Waals surface area (Å²) in [5.74, 6) is -2.22. The van der Waals surface area contributed by atoms with Crippen molar-refractivity contribution in [3.63, 3.8) is 0 Å². The number of carbonyl (C=O) groups excluding carboxylic acids is 2. The third kappa shape index (κ3) is 3.25. The van der Waals surface area contributed by atoms with Crippen LogP contribution in [-0.2, 0) is 15.8 Å². The smallest absolute Gasteiger partial charge is 0.416 e. The van der Waals surface area contributed by atoms with Gasteiger partial charge in [-0.15, -0.1) is 0 Å². The Morgan fingerprint density at radius 1 is 1.23 bits per heavy atom. The van der Waals surface area contributed by atoms with Crippen LogP contribution in [0.3, 0.4) is 0 Å². The van der Waals surface area contributed by atoms with Crippen molar-refractivity contribution in [3.05, 3.63) is 41.1 Å². The van der Waals surface area contributed by atoms with Gasteiger partial charge in [0, 0.05) is 0 Å². The molecule has 2 rings (SSSR count). The van der Waals surface area contributed by atoms with E-state index in [1.165, 1.54) is 6.08 Å². The van der Waals surface area contributed by atoms with Crippen molar-refractivity contribution >= 4 is 24.0 Å². The number of nitrogens with zero attached hydrogens (tertiary/aromatic N) is 1. The van der Waals surface area contributed by atoms with Crippen molar-refractivity contribution in [3.8, 4) is 0 Å². The Balaban J connectivity index is 2.22. The molecule has 2 N–H and O–H groups in total. The summed E-state index contributed by atoms with van der Waals surface area (Å²) in [6.45, 7) is -0.797. The Morgan fingerprint density at radius 3 is 2.32 bits per heavy atom. The fraction of sp³-hybridized carbons (Fsp3) is 0.154. The topological polar surface area (TPSA) is 86.7 Å². The molecule has 1 aromatic rings. The first-order chi connectivity index (χ1) is 10.2. The number of hydrogen-bond donors (Lipinski definition) is 2. The summed E-state index contributed by atoms with van der Waals surface area (Å²) in [6.07, 6.45) is -3.30. The predicted molar refractivity (Wildman–Crippen MR) is 67.3 cm³/mol. The molecule has 1 aliphatic heterocycles. The minimum Gasteiger partial charge on any atom is -0.480 e. The first-order valence-electron chi connectivity index (χ1n) is 5.92. The first-order valence-corrected chi connectivity index (χ1v) is 5.92. The molecule has 0 bridgehead atoms. The summed E-state index contributed by atoms with van der Waals surface area (Å²) in [4.78, 5) is 34.3. The van der Waals surface area contributed by atoms with Crippen molar-refractivity contribution < 1.29 is 32.7 Å². The van der Waals surface area contributed by atoms with Crippen molar-refractivity contribution in [1.82, 2.24) is 10.2 Å². The van der Waals surface area contributed by atoms with E-state index in [4.69, 9.17) is 5.11 Å². The van der Waals surface area contributed by atoms with E-state index in [0.717, 1.165) is 24.3 Å². The average Bonchev–Trinajstić information content (AvgIpc) is 2.66. The summed E-state index contributed by atoms with van der Waals surface area (Å²) in [7, 11) is 0. The number of urea groups is 1. The number of aliphatic carboxylic acids is 1. The second-order valence-corrected chi connectivity index (χ2v) is 4.39. The number of imide groups is 1. The lowest BCUT2D eigenvalue weighted by atomic mass is 10.1. The fourth-order valence-corrected chi connectivity index (χ4v) is 1.79. The number of carboxylic acids is 1. The molecular formula is C13H9F3N2O4. The lowest BCUT2D eigenvalue weighted by Crippen LogP contribution is -2.35. The van der Waals surface area contributed by atoms with E-state index in [-0.39, 0.29) is 11.3 Å². The van der Waals surface area contributed by atoms with E-state index in [2.05, 4.69) is 5.32 Å². The molecule has 1 aliphatic rings. The highest BCUT2D eigenvalue weighted by atomic mass is 19.4. The van der Waals surface area contributed by atoms with Gasteiger partial charge < -0.3 is 10.4 Å². The van der Waals surface area contributed by atoms with Crippen molar-refractivity contribution in [2.45, 2.75) is 6.18 Å². The summed E-state index contributed by atoms with van der Waals surface area (Å²) >= 11 is 0. The van der Waals surface area contributed by atoms with Crippen LogP contribution in [0.5, 0.6) is 0 Å². The van der Waals surface area contributed by atoms with Gasteiger partial charge in [-0.1, -0.05) is 12.1 Å². The average molecular weight is 314 g/mol. The molecule has 0 atom stereocenters. The maximum Gasteiger partial charge on any atom is 0.416 e. The van der Waals surface area contributed by atoms with Crippen LogP contribution in [-0.4, -0.2) is 34.5 Å². The number of nitrogens with one attached hydrogen (secondary N) is 1. The lowest BCUT2D eigenvalue weighted by Gasteiger charge is -2.07. The summed E-state index contributed by atoms with van der Waals surface area (Å²) in [5, 5.41) is 10.8. The summed E-state index contributed by atoms with van der Waals surface area (Å²) in [6, 6.07) is 3.04. The molecule has 1 aromatic carbocycles. The maximum absolute atomic E-state index is 12.4. The van der Waals surface area contributed by atoms with Crippen LogP contribution in [0.4, 0.5) is 18.0 Å². The normalized spacial score (nSPS) is 17.0. The first kappa shape index (κ1) is 15.5. The van der Waals surface area contributed by atoms with Crippen LogP contribution < -0.4 is 5.32 Å². The molecule has 0 saturated carbocycles. The second kappa shape index (κ2) is 5.51. The Kier molecular flexibility index (Phi) is 3.89. The molecule has 6 nitrogen and oxygen atoms in total. The Labute approximate surface area is 121 Å². The number of rotatable bonds is 3. The Morgan fingerprint density at radius 2 is 1.82 bits per heavy atom. The molecule has 1 fully saturated rings. The minimum atomic E-state index is -4.47. The van der Waals surface area contributed by atoms with E-state index in [1.54, 1.807) is 0 Å². The standard InChI is InChI=1S/C13H9F3N2O4/c14-13(15,16)8-3-1-7(2-4-8)5-9-11(21)18(6-10(19)20)12(22)17-9/h1-5H,6H2,(H,17,22)(H,19,20)/b9-5+. The zero-order valence-electron chi connectivity index (χ0n) is 10.8. The molecule has 0 unspecified atom stereocenters. The van der Waals surface area contributed by atoms with E-state index in [1.807, 2.05) is 0 Å². The number of carboxylic acid groups (broad SMARTS) is 1. The zero-order chi connectivity index (χ0) is 16.5. The van der Waals surface area contributed by atoms with Gasteiger partial charge in [0.1, 0.15) is 12.2 Å². The van der Waals surface area contributed by atoms with Crippen LogP contribution in [0.25, 0.3) is 6.08 Å². The summed E-state index contributed by atoms with van der Waals surface area (Å²) in [5.41, 5.74) is -0.788. The molecule has 0 aliphatic carbocycles. The summed E-state index contributed by atoms with van der Waals surface area (Å²) < 4.78 is 37.3. The maximum atomic E-state index is 12.4. The van der Waals surface area contributed by atoms with Gasteiger partial charge in [0.2, 0.25) is 0 Å². The van der Waals surface area contributed by atoms with Gasteiger partial charge in [-0.05, 0) is 23.8 Å². The molecule has 3 amide bonds. The number of hydrogen-bond acceptors (Lipinski definition) is 3. The van der Waals surface area contributed by atoms with Gasteiger partial charge in [-0.25, -0.2) is 9.69 Å². The van der Waals surface area contributed by atoms with Gasteiger partial charge in [-0.3, -0.25) is 9.59 Å². The molecule has 1 heterocycles. The molecule has 9 heteroatoms. The predicted octanol–water partition coefficient (Wildman–Crippen LogP) is 1.68. The van der Waals surface area contributed by atoms with E-state index >= 15 is 0 Å². The SMILES string of the molecule is O=C(O)CN1C(=O)N/C(=C/c2ccc(C(F)(F)F)cc2)C1=O. The van der Waals surface area contributed by atoms with E-state index in [0.29, 0.717) is 4.90 Å². The van der Waals surface area contributed by atoms with Gasteiger partial charge in [-0.2, -0.15) is 13.2 Å². The van der Waals surface area contributed by atoms with Gasteiger partial charge in [0.05, 0.1) is 5.56 Å². The number of carbonyl (C=O) groups is 3. The highest BCUT2D eigenvalue weighted by molar-refractivity contribution is 6.15. The van der Waals surface area contributed by atoms with Crippen LogP contribution in [0.2, 0.25) is 0 Å². The Bertz CT molecular complexity index is 665. The second-order valence-electron chi connectivity index (χ2n) is 4.39. The van der Waals surface area contributed by atoms with Crippen LogP contribution in [0, 0.1) is 0 Å². The monoisotopic (exact) mass is 314 g/mol. The van der Waals surface area contributed by atoms with Crippen molar-refractivity contribution in [2.24, 2.45) is 0 Å². The quantitative estimate of drug-likeness (QED) is 0.656.